The lowest BCUT2D eigenvalue weighted by Gasteiger charge is -2.06. The Morgan fingerprint density at radius 3 is 2.70 bits per heavy atom. The molecule has 0 heterocycles. The number of amides is 1. The molecule has 0 bridgehead atoms. The van der Waals surface area contributed by atoms with Gasteiger partial charge in [-0.15, -0.1) is 0 Å². The highest BCUT2D eigenvalue weighted by molar-refractivity contribution is 9.12. The summed E-state index contributed by atoms with van der Waals surface area (Å²) in [7, 11) is 0. The Morgan fingerprint density at radius 1 is 1.35 bits per heavy atom. The van der Waals surface area contributed by atoms with E-state index in [1.54, 1.807) is 0 Å². The fourth-order valence-corrected chi connectivity index (χ4v) is 1.80. The predicted octanol–water partition coefficient (Wildman–Crippen LogP) is 3.87. The molecule has 0 spiro atoms. The van der Waals surface area contributed by atoms with Gasteiger partial charge < -0.3 is 5.32 Å². The molecule has 1 N–H and O–H groups in total. The van der Waals surface area contributed by atoms with E-state index in [0.29, 0.717) is 16.9 Å². The Morgan fingerprint density at radius 2 is 2.05 bits per heavy atom. The first kappa shape index (κ1) is 16.5. The van der Waals surface area contributed by atoms with Crippen LogP contribution in [0.1, 0.15) is 32.3 Å². The number of unbranched alkanes of at least 4 members (excludes halogenated alkanes) is 1. The van der Waals surface area contributed by atoms with Crippen molar-refractivity contribution in [2.75, 3.05) is 6.54 Å². The third-order valence-electron chi connectivity index (χ3n) is 2.49. The van der Waals surface area contributed by atoms with E-state index in [0.717, 1.165) is 18.4 Å². The molecule has 0 aliphatic heterocycles. The summed E-state index contributed by atoms with van der Waals surface area (Å²) in [5.74, 6) is 6.59. The van der Waals surface area contributed by atoms with Gasteiger partial charge in [0.2, 0.25) is 0 Å². The smallest absolute Gasteiger partial charge is 0.257 e. The first-order valence-electron chi connectivity index (χ1n) is 6.77. The summed E-state index contributed by atoms with van der Waals surface area (Å²) in [6.07, 6.45) is 3.37. The highest BCUT2D eigenvalue weighted by Gasteiger charge is 2.05. The van der Waals surface area contributed by atoms with Crippen LogP contribution in [0, 0.1) is 17.8 Å². The van der Waals surface area contributed by atoms with Crippen LogP contribution in [-0.4, -0.2) is 12.5 Å². The molecular formula is C17H20BrNO. The molecule has 0 saturated carbocycles. The number of allylic oxidation sites excluding steroid dienone is 1. The zero-order valence-electron chi connectivity index (χ0n) is 11.9. The molecule has 0 unspecified atom stereocenters. The zero-order valence-corrected chi connectivity index (χ0v) is 13.5. The van der Waals surface area contributed by atoms with Crippen molar-refractivity contribution >= 4 is 21.8 Å². The van der Waals surface area contributed by atoms with Gasteiger partial charge in [0.05, 0.1) is 4.48 Å². The standard InChI is InChI=1S/C17H20BrNO/c1-14(2)13-19-17(20)16(18)12-8-4-7-11-15-9-5-3-6-10-15/h3,5-6,9-10,12,14H,4,8,13H2,1-2H3,(H,19,20)/b16-12+. The molecule has 20 heavy (non-hydrogen) atoms. The average Bonchev–Trinajstić information content (AvgIpc) is 2.45. The summed E-state index contributed by atoms with van der Waals surface area (Å²) < 4.78 is 0.583. The molecule has 1 aromatic carbocycles. The van der Waals surface area contributed by atoms with Crippen LogP contribution in [0.5, 0.6) is 0 Å². The summed E-state index contributed by atoms with van der Waals surface area (Å²) in [5, 5.41) is 2.86. The fraction of sp³-hybridized carbons (Fsp3) is 0.353. The van der Waals surface area contributed by atoms with Gasteiger partial charge in [-0.1, -0.05) is 50.0 Å². The van der Waals surface area contributed by atoms with E-state index in [9.17, 15) is 4.79 Å². The van der Waals surface area contributed by atoms with Gasteiger partial charge in [0.25, 0.3) is 5.91 Å². The van der Waals surface area contributed by atoms with Crippen molar-refractivity contribution in [1.29, 1.82) is 0 Å². The number of hydrogen-bond donors (Lipinski definition) is 1. The molecule has 0 aliphatic rings. The number of benzene rings is 1. The molecular weight excluding hydrogens is 314 g/mol. The lowest BCUT2D eigenvalue weighted by Crippen LogP contribution is -2.27. The van der Waals surface area contributed by atoms with E-state index in [1.807, 2.05) is 36.4 Å². The largest absolute Gasteiger partial charge is 0.351 e. The van der Waals surface area contributed by atoms with Crippen molar-refractivity contribution in [3.63, 3.8) is 0 Å². The lowest BCUT2D eigenvalue weighted by molar-refractivity contribution is -0.116. The van der Waals surface area contributed by atoms with Crippen LogP contribution in [0.3, 0.4) is 0 Å². The minimum atomic E-state index is -0.0604. The Hall–Kier alpha value is -1.53. The number of rotatable bonds is 5. The van der Waals surface area contributed by atoms with Crippen LogP contribution in [0.15, 0.2) is 40.9 Å². The van der Waals surface area contributed by atoms with E-state index >= 15 is 0 Å². The third-order valence-corrected chi connectivity index (χ3v) is 3.17. The number of carbonyl (C=O) groups excluding carboxylic acids is 1. The van der Waals surface area contributed by atoms with Gasteiger partial charge in [-0.3, -0.25) is 4.79 Å². The maximum Gasteiger partial charge on any atom is 0.257 e. The van der Waals surface area contributed by atoms with Crippen LogP contribution in [0.2, 0.25) is 0 Å². The summed E-state index contributed by atoms with van der Waals surface area (Å²) in [4.78, 5) is 11.7. The van der Waals surface area contributed by atoms with Crippen molar-refractivity contribution in [2.24, 2.45) is 5.92 Å². The van der Waals surface area contributed by atoms with Crippen molar-refractivity contribution in [3.05, 3.63) is 46.5 Å². The topological polar surface area (TPSA) is 29.1 Å². The Bertz CT molecular complexity index is 509. The van der Waals surface area contributed by atoms with Gasteiger partial charge in [-0.05, 0) is 40.4 Å². The van der Waals surface area contributed by atoms with E-state index in [1.165, 1.54) is 0 Å². The molecule has 0 radical (unpaired) electrons. The normalized spacial score (nSPS) is 10.9. The molecule has 1 amide bonds. The lowest BCUT2D eigenvalue weighted by atomic mass is 10.2. The van der Waals surface area contributed by atoms with Gasteiger partial charge >= 0.3 is 0 Å². The third kappa shape index (κ3) is 7.16. The second-order valence-corrected chi connectivity index (χ2v) is 5.72. The number of carbonyl (C=O) groups is 1. The number of nitrogens with one attached hydrogen (secondary N) is 1. The Balaban J connectivity index is 2.34. The fourth-order valence-electron chi connectivity index (χ4n) is 1.43. The van der Waals surface area contributed by atoms with E-state index in [4.69, 9.17) is 0 Å². The second-order valence-electron chi connectivity index (χ2n) is 4.86. The van der Waals surface area contributed by atoms with E-state index in [-0.39, 0.29) is 5.91 Å². The average molecular weight is 334 g/mol. The van der Waals surface area contributed by atoms with Crippen LogP contribution >= 0.6 is 15.9 Å². The summed E-state index contributed by atoms with van der Waals surface area (Å²) in [6, 6.07) is 9.89. The van der Waals surface area contributed by atoms with Crippen LogP contribution in [0.25, 0.3) is 0 Å². The minimum Gasteiger partial charge on any atom is -0.351 e. The summed E-state index contributed by atoms with van der Waals surface area (Å²) in [5.41, 5.74) is 1.02. The minimum absolute atomic E-state index is 0.0604. The monoisotopic (exact) mass is 333 g/mol. The quantitative estimate of drug-likeness (QED) is 0.494. The first-order chi connectivity index (χ1) is 9.59. The highest BCUT2D eigenvalue weighted by atomic mass is 79.9. The number of hydrogen-bond acceptors (Lipinski definition) is 1. The maximum absolute atomic E-state index is 11.7. The first-order valence-corrected chi connectivity index (χ1v) is 7.56. The summed E-state index contributed by atoms with van der Waals surface area (Å²) >= 11 is 3.29. The van der Waals surface area contributed by atoms with E-state index in [2.05, 4.69) is 46.9 Å². The van der Waals surface area contributed by atoms with Crippen molar-refractivity contribution in [3.8, 4) is 11.8 Å². The second kappa shape index (κ2) is 9.39. The van der Waals surface area contributed by atoms with Gasteiger partial charge in [0.15, 0.2) is 0 Å². The van der Waals surface area contributed by atoms with Crippen LogP contribution < -0.4 is 5.32 Å². The van der Waals surface area contributed by atoms with Gasteiger partial charge in [-0.25, -0.2) is 0 Å². The zero-order chi connectivity index (χ0) is 14.8. The molecule has 2 nitrogen and oxygen atoms in total. The van der Waals surface area contributed by atoms with Crippen molar-refractivity contribution in [1.82, 2.24) is 5.32 Å². The van der Waals surface area contributed by atoms with Crippen LogP contribution in [-0.2, 0) is 4.79 Å². The van der Waals surface area contributed by atoms with Crippen molar-refractivity contribution < 1.29 is 4.79 Å². The molecule has 0 aliphatic carbocycles. The van der Waals surface area contributed by atoms with Crippen molar-refractivity contribution in [2.45, 2.75) is 26.7 Å². The molecule has 0 aromatic heterocycles. The summed E-state index contributed by atoms with van der Waals surface area (Å²) in [6.45, 7) is 4.82. The highest BCUT2D eigenvalue weighted by Crippen LogP contribution is 2.07. The molecule has 0 fully saturated rings. The molecule has 1 aromatic rings. The van der Waals surface area contributed by atoms with Gasteiger partial charge in [0.1, 0.15) is 0 Å². The number of halogens is 1. The van der Waals surface area contributed by atoms with Crippen LogP contribution in [0.4, 0.5) is 0 Å². The molecule has 1 rings (SSSR count). The predicted molar refractivity (Wildman–Crippen MR) is 87.4 cm³/mol. The SMILES string of the molecule is CC(C)CNC(=O)/C(Br)=C\CCC#Cc1ccccc1. The maximum atomic E-state index is 11.7. The molecule has 0 atom stereocenters. The Labute approximate surface area is 129 Å². The molecule has 106 valence electrons. The van der Waals surface area contributed by atoms with E-state index < -0.39 is 0 Å². The molecule has 0 saturated heterocycles. The molecule has 3 heteroatoms. The van der Waals surface area contributed by atoms with Gasteiger partial charge in [-0.2, -0.15) is 0 Å². The Kier molecular flexibility index (Phi) is 7.75. The van der Waals surface area contributed by atoms with Gasteiger partial charge in [0, 0.05) is 18.5 Å².